The van der Waals surface area contributed by atoms with Gasteiger partial charge in [0.1, 0.15) is 0 Å². The first-order valence-corrected chi connectivity index (χ1v) is 8.93. The van der Waals surface area contributed by atoms with Crippen molar-refractivity contribution < 1.29 is 9.21 Å². The Hall–Kier alpha value is -3.26. The van der Waals surface area contributed by atoms with Crippen LogP contribution in [0, 0.1) is 0 Å². The molecule has 0 aliphatic rings. The van der Waals surface area contributed by atoms with Crippen molar-refractivity contribution in [3.8, 4) is 22.8 Å². The Kier molecular flexibility index (Phi) is 4.57. The molecule has 1 aromatic carbocycles. The number of hydrogen-bond donors (Lipinski definition) is 2. The van der Waals surface area contributed by atoms with Crippen LogP contribution in [0.1, 0.15) is 12.3 Å². The maximum Gasteiger partial charge on any atom is 0.247 e. The van der Waals surface area contributed by atoms with Crippen molar-refractivity contribution in [2.75, 3.05) is 5.32 Å². The van der Waals surface area contributed by atoms with Crippen LogP contribution in [-0.4, -0.2) is 26.1 Å². The lowest BCUT2D eigenvalue weighted by Crippen LogP contribution is -2.12. The van der Waals surface area contributed by atoms with Crippen molar-refractivity contribution in [1.82, 2.24) is 20.2 Å². The molecule has 2 N–H and O–H groups in total. The van der Waals surface area contributed by atoms with E-state index in [1.807, 2.05) is 54.0 Å². The highest BCUT2D eigenvalue weighted by Gasteiger charge is 2.12. The third kappa shape index (κ3) is 3.70. The van der Waals surface area contributed by atoms with E-state index in [4.69, 9.17) is 4.42 Å². The molecule has 0 fully saturated rings. The normalized spacial score (nSPS) is 10.8. The van der Waals surface area contributed by atoms with E-state index in [1.54, 1.807) is 0 Å². The van der Waals surface area contributed by atoms with Crippen molar-refractivity contribution in [2.24, 2.45) is 0 Å². The predicted octanol–water partition coefficient (Wildman–Crippen LogP) is 3.76. The van der Waals surface area contributed by atoms with E-state index in [0.29, 0.717) is 23.3 Å². The van der Waals surface area contributed by atoms with Gasteiger partial charge in [0.05, 0.1) is 11.4 Å². The Bertz CT molecular complexity index is 992. The number of carbonyl (C=O) groups excluding carboxylic acids is 1. The van der Waals surface area contributed by atoms with E-state index >= 15 is 0 Å². The first kappa shape index (κ1) is 16.2. The molecular weight excluding hydrogens is 350 g/mol. The van der Waals surface area contributed by atoms with Gasteiger partial charge in [0.15, 0.2) is 5.13 Å². The maximum atomic E-state index is 12.1. The van der Waals surface area contributed by atoms with E-state index in [1.165, 1.54) is 11.3 Å². The Labute approximate surface area is 153 Å². The number of H-pyrrole nitrogens is 1. The zero-order valence-electron chi connectivity index (χ0n) is 13.7. The molecule has 26 heavy (non-hydrogen) atoms. The van der Waals surface area contributed by atoms with Crippen LogP contribution in [-0.2, 0) is 11.2 Å². The summed E-state index contributed by atoms with van der Waals surface area (Å²) in [5, 5.41) is 13.3. The molecule has 130 valence electrons. The van der Waals surface area contributed by atoms with E-state index in [-0.39, 0.29) is 12.3 Å². The number of rotatable bonds is 6. The highest BCUT2D eigenvalue weighted by atomic mass is 32.1. The van der Waals surface area contributed by atoms with Crippen LogP contribution in [0.5, 0.6) is 0 Å². The van der Waals surface area contributed by atoms with Crippen molar-refractivity contribution in [2.45, 2.75) is 12.8 Å². The van der Waals surface area contributed by atoms with Gasteiger partial charge in [-0.3, -0.25) is 4.79 Å². The van der Waals surface area contributed by atoms with Crippen molar-refractivity contribution in [1.29, 1.82) is 0 Å². The fourth-order valence-corrected chi connectivity index (χ4v) is 3.13. The molecule has 0 unspecified atom stereocenters. The molecule has 3 aromatic heterocycles. The number of amides is 1. The molecule has 0 radical (unpaired) electrons. The molecule has 0 bridgehead atoms. The second-order valence-electron chi connectivity index (χ2n) is 5.54. The summed E-state index contributed by atoms with van der Waals surface area (Å²) >= 11 is 1.38. The average Bonchev–Trinajstić information content (AvgIpc) is 3.41. The molecule has 0 spiro atoms. The Morgan fingerprint density at radius 2 is 2.04 bits per heavy atom. The number of anilines is 1. The summed E-state index contributed by atoms with van der Waals surface area (Å²) in [6.07, 6.45) is 2.45. The number of aromatic amines is 1. The summed E-state index contributed by atoms with van der Waals surface area (Å²) in [5.41, 5.74) is 2.58. The Morgan fingerprint density at radius 3 is 2.85 bits per heavy atom. The minimum atomic E-state index is -0.142. The van der Waals surface area contributed by atoms with Crippen LogP contribution in [0.25, 0.3) is 22.8 Å². The van der Waals surface area contributed by atoms with Crippen molar-refractivity contribution in [3.05, 3.63) is 59.9 Å². The maximum absolute atomic E-state index is 12.1. The molecule has 4 rings (SSSR count). The molecule has 0 saturated heterocycles. The van der Waals surface area contributed by atoms with E-state index in [2.05, 4.69) is 25.5 Å². The lowest BCUT2D eigenvalue weighted by atomic mass is 10.2. The molecule has 1 amide bonds. The summed E-state index contributed by atoms with van der Waals surface area (Å²) in [6.45, 7) is 0. The molecule has 8 heteroatoms. The highest BCUT2D eigenvalue weighted by molar-refractivity contribution is 7.14. The van der Waals surface area contributed by atoms with Gasteiger partial charge in [-0.2, -0.15) is 0 Å². The molecule has 3 heterocycles. The van der Waals surface area contributed by atoms with Crippen LogP contribution < -0.4 is 5.32 Å². The number of benzene rings is 1. The van der Waals surface area contributed by atoms with E-state index in [0.717, 1.165) is 17.0 Å². The monoisotopic (exact) mass is 365 g/mol. The first-order valence-electron chi connectivity index (χ1n) is 8.05. The van der Waals surface area contributed by atoms with Gasteiger partial charge >= 0.3 is 0 Å². The van der Waals surface area contributed by atoms with Crippen molar-refractivity contribution >= 4 is 22.4 Å². The quantitative estimate of drug-likeness (QED) is 0.542. The molecule has 0 aliphatic carbocycles. The van der Waals surface area contributed by atoms with Gasteiger partial charge in [-0.25, -0.2) is 4.98 Å². The van der Waals surface area contributed by atoms with Crippen LogP contribution in [0.15, 0.2) is 58.5 Å². The van der Waals surface area contributed by atoms with Gasteiger partial charge in [0, 0.05) is 30.0 Å². The summed E-state index contributed by atoms with van der Waals surface area (Å²) in [6, 6.07) is 13.4. The fourth-order valence-electron chi connectivity index (χ4n) is 2.40. The van der Waals surface area contributed by atoms with Crippen LogP contribution in [0.2, 0.25) is 0 Å². The summed E-state index contributed by atoms with van der Waals surface area (Å²) in [7, 11) is 0. The molecule has 4 aromatic rings. The second kappa shape index (κ2) is 7.32. The third-order valence-corrected chi connectivity index (χ3v) is 4.44. The molecule has 7 nitrogen and oxygen atoms in total. The minimum absolute atomic E-state index is 0.142. The van der Waals surface area contributed by atoms with Crippen LogP contribution in [0.3, 0.4) is 0 Å². The number of hydrogen-bond acceptors (Lipinski definition) is 6. The molecule has 0 atom stereocenters. The SMILES string of the molecule is O=C(CCc1nnc(-c2ccccc2)o1)Nc1nc(-c2ccc[nH]2)cs1. The van der Waals surface area contributed by atoms with Crippen LogP contribution >= 0.6 is 11.3 Å². The Balaban J connectivity index is 1.32. The van der Waals surface area contributed by atoms with Crippen molar-refractivity contribution in [3.63, 3.8) is 0 Å². The number of thiazole rings is 1. The van der Waals surface area contributed by atoms with Gasteiger partial charge < -0.3 is 14.7 Å². The van der Waals surface area contributed by atoms with Gasteiger partial charge in [-0.05, 0) is 24.3 Å². The summed E-state index contributed by atoms with van der Waals surface area (Å²) in [4.78, 5) is 19.6. The fraction of sp³-hybridized carbons (Fsp3) is 0.111. The largest absolute Gasteiger partial charge is 0.421 e. The number of nitrogens with zero attached hydrogens (tertiary/aromatic N) is 3. The zero-order valence-corrected chi connectivity index (χ0v) is 14.5. The Morgan fingerprint density at radius 1 is 1.15 bits per heavy atom. The van der Waals surface area contributed by atoms with Gasteiger partial charge in [-0.15, -0.1) is 21.5 Å². The van der Waals surface area contributed by atoms with E-state index in [9.17, 15) is 4.79 Å². The summed E-state index contributed by atoms with van der Waals surface area (Å²) in [5.74, 6) is 0.749. The first-order chi connectivity index (χ1) is 12.8. The number of aryl methyl sites for hydroxylation is 1. The zero-order chi connectivity index (χ0) is 17.8. The van der Waals surface area contributed by atoms with Gasteiger partial charge in [-0.1, -0.05) is 18.2 Å². The van der Waals surface area contributed by atoms with Gasteiger partial charge in [0.25, 0.3) is 0 Å². The third-order valence-electron chi connectivity index (χ3n) is 3.68. The topological polar surface area (TPSA) is 96.7 Å². The van der Waals surface area contributed by atoms with Gasteiger partial charge in [0.2, 0.25) is 17.7 Å². The molecular formula is C18H15N5O2S. The van der Waals surface area contributed by atoms with E-state index < -0.39 is 0 Å². The lowest BCUT2D eigenvalue weighted by molar-refractivity contribution is -0.116. The molecule has 0 aliphatic heterocycles. The number of carbonyl (C=O) groups is 1. The highest BCUT2D eigenvalue weighted by Crippen LogP contribution is 2.23. The lowest BCUT2D eigenvalue weighted by Gasteiger charge is -1.99. The minimum Gasteiger partial charge on any atom is -0.421 e. The second-order valence-corrected chi connectivity index (χ2v) is 6.39. The standard InChI is InChI=1S/C18H15N5O2S/c24-15(21-18-20-14(11-26-18)13-7-4-10-19-13)8-9-16-22-23-17(25-16)12-5-2-1-3-6-12/h1-7,10-11,19H,8-9H2,(H,20,21,24). The van der Waals surface area contributed by atoms with Crippen LogP contribution in [0.4, 0.5) is 5.13 Å². The summed E-state index contributed by atoms with van der Waals surface area (Å²) < 4.78 is 5.60. The smallest absolute Gasteiger partial charge is 0.247 e. The predicted molar refractivity (Wildman–Crippen MR) is 98.6 cm³/mol. The number of nitrogens with one attached hydrogen (secondary N) is 2. The average molecular weight is 365 g/mol. The molecule has 0 saturated carbocycles. The number of aromatic nitrogens is 4.